The van der Waals surface area contributed by atoms with Crippen LogP contribution in [0.5, 0.6) is 0 Å². The molecule has 0 bridgehead atoms. The maximum atomic E-state index is 12.1. The van der Waals surface area contributed by atoms with E-state index in [1.165, 1.54) is 0 Å². The maximum Gasteiger partial charge on any atom is 0.408 e. The SMILES string of the molecule is CC(C)(C)OC(=O)NC1(CNc2cc(Nc3cccc(C(C)(C)C)n3)c(C(N)=O)nn2)CC1.CC(C)(C)c1cccc(Nc2cc(NCC3(N)CC3)nnc2C(N)=O)n1. The van der Waals surface area contributed by atoms with Crippen molar-refractivity contribution in [3.05, 3.63) is 71.3 Å². The molecule has 0 unspecified atom stereocenters. The van der Waals surface area contributed by atoms with E-state index in [4.69, 9.17) is 21.9 Å². The third kappa shape index (κ3) is 12.9. The number of carbonyl (C=O) groups is 3. The Balaban J connectivity index is 0.000000230. The predicted molar refractivity (Wildman–Crippen MR) is 228 cm³/mol. The molecular formula is C41H58N14O4. The van der Waals surface area contributed by atoms with Crippen LogP contribution in [0.25, 0.3) is 0 Å². The molecule has 0 atom stereocenters. The Morgan fingerprint density at radius 1 is 0.644 bits per heavy atom. The van der Waals surface area contributed by atoms with Gasteiger partial charge in [0.1, 0.15) is 17.2 Å². The summed E-state index contributed by atoms with van der Waals surface area (Å²) in [5.74, 6) is 0.781. The van der Waals surface area contributed by atoms with Gasteiger partial charge in [0.2, 0.25) is 0 Å². The van der Waals surface area contributed by atoms with E-state index in [0.717, 1.165) is 37.1 Å². The number of hydrogen-bond acceptors (Lipinski definition) is 15. The van der Waals surface area contributed by atoms with E-state index in [9.17, 15) is 14.4 Å². The monoisotopic (exact) mass is 810 g/mol. The molecule has 2 aliphatic carbocycles. The second-order valence-electron chi connectivity index (χ2n) is 18.3. The second kappa shape index (κ2) is 17.0. The first kappa shape index (κ1) is 43.9. The van der Waals surface area contributed by atoms with Crippen LogP contribution < -0.4 is 43.8 Å². The quantitative estimate of drug-likeness (QED) is 0.0840. The molecule has 316 valence electrons. The molecule has 0 saturated heterocycles. The molecule has 2 aliphatic rings. The van der Waals surface area contributed by atoms with Gasteiger partial charge in [-0.15, -0.1) is 20.4 Å². The van der Waals surface area contributed by atoms with Crippen LogP contribution in [0.1, 0.15) is 120 Å². The van der Waals surface area contributed by atoms with Crippen LogP contribution in [-0.4, -0.2) is 78.0 Å². The number of nitrogens with zero attached hydrogens (tertiary/aromatic N) is 6. The largest absolute Gasteiger partial charge is 0.444 e. The molecule has 0 spiro atoms. The highest BCUT2D eigenvalue weighted by molar-refractivity contribution is 5.98. The van der Waals surface area contributed by atoms with Crippen molar-refractivity contribution in [2.75, 3.05) is 34.4 Å². The number of nitrogens with two attached hydrogens (primary N) is 3. The molecule has 0 aromatic carbocycles. The lowest BCUT2D eigenvalue weighted by atomic mass is 9.92. The van der Waals surface area contributed by atoms with E-state index in [0.29, 0.717) is 47.7 Å². The molecule has 11 N–H and O–H groups in total. The summed E-state index contributed by atoms with van der Waals surface area (Å²) in [6.45, 7) is 19.0. The van der Waals surface area contributed by atoms with Gasteiger partial charge >= 0.3 is 6.09 Å². The molecule has 3 amide bonds. The molecule has 2 fully saturated rings. The Morgan fingerprint density at radius 2 is 1.08 bits per heavy atom. The summed E-state index contributed by atoms with van der Waals surface area (Å²) >= 11 is 0. The summed E-state index contributed by atoms with van der Waals surface area (Å²) < 4.78 is 5.35. The minimum atomic E-state index is -0.700. The highest BCUT2D eigenvalue weighted by Crippen LogP contribution is 2.36. The van der Waals surface area contributed by atoms with E-state index >= 15 is 0 Å². The van der Waals surface area contributed by atoms with Crippen molar-refractivity contribution in [2.24, 2.45) is 17.2 Å². The number of hydrogen-bond donors (Lipinski definition) is 8. The van der Waals surface area contributed by atoms with Crippen LogP contribution in [-0.2, 0) is 15.6 Å². The fourth-order valence-electron chi connectivity index (χ4n) is 5.51. The van der Waals surface area contributed by atoms with Crippen molar-refractivity contribution >= 4 is 52.6 Å². The molecule has 18 nitrogen and oxygen atoms in total. The molecule has 0 radical (unpaired) electrons. The second-order valence-corrected chi connectivity index (χ2v) is 18.3. The summed E-state index contributed by atoms with van der Waals surface area (Å²) in [5.41, 5.74) is 18.4. The highest BCUT2D eigenvalue weighted by Gasteiger charge is 2.45. The fraction of sp³-hybridized carbons (Fsp3) is 0.488. The summed E-state index contributed by atoms with van der Waals surface area (Å²) in [6.07, 6.45) is 3.16. The zero-order valence-electron chi connectivity index (χ0n) is 35.4. The molecule has 4 aromatic heterocycles. The van der Waals surface area contributed by atoms with Gasteiger partial charge < -0.3 is 48.5 Å². The lowest BCUT2D eigenvalue weighted by Crippen LogP contribution is -2.44. The third-order valence-corrected chi connectivity index (χ3v) is 9.36. The lowest BCUT2D eigenvalue weighted by molar-refractivity contribution is 0.0499. The van der Waals surface area contributed by atoms with Crippen LogP contribution in [0.2, 0.25) is 0 Å². The smallest absolute Gasteiger partial charge is 0.408 e. The number of carbonyl (C=O) groups excluding carboxylic acids is 3. The van der Waals surface area contributed by atoms with Crippen molar-refractivity contribution in [2.45, 2.75) is 116 Å². The number of primary amides is 2. The van der Waals surface area contributed by atoms with Crippen LogP contribution in [0, 0.1) is 0 Å². The predicted octanol–water partition coefficient (Wildman–Crippen LogP) is 5.40. The number of ether oxygens (including phenoxy) is 1. The van der Waals surface area contributed by atoms with Crippen molar-refractivity contribution in [3.63, 3.8) is 0 Å². The Labute approximate surface area is 345 Å². The molecule has 0 aliphatic heterocycles. The Morgan fingerprint density at radius 3 is 1.46 bits per heavy atom. The number of alkyl carbamates (subject to hydrolysis) is 1. The van der Waals surface area contributed by atoms with Gasteiger partial charge in [0, 0.05) is 53.0 Å². The van der Waals surface area contributed by atoms with Crippen molar-refractivity contribution in [3.8, 4) is 0 Å². The first-order valence-electron chi connectivity index (χ1n) is 19.5. The lowest BCUT2D eigenvalue weighted by Gasteiger charge is -2.23. The van der Waals surface area contributed by atoms with Gasteiger partial charge in [0.25, 0.3) is 11.8 Å². The number of pyridine rings is 2. The molecule has 6 rings (SSSR count). The van der Waals surface area contributed by atoms with E-state index in [-0.39, 0.29) is 27.8 Å². The van der Waals surface area contributed by atoms with Gasteiger partial charge in [-0.3, -0.25) is 9.59 Å². The fourth-order valence-corrected chi connectivity index (χ4v) is 5.51. The van der Waals surface area contributed by atoms with Crippen LogP contribution >= 0.6 is 0 Å². The number of aromatic nitrogens is 6. The van der Waals surface area contributed by atoms with Crippen molar-refractivity contribution in [1.82, 2.24) is 35.7 Å². The Bertz CT molecular complexity index is 2170. The van der Waals surface area contributed by atoms with E-state index in [1.54, 1.807) is 18.2 Å². The standard InChI is InChI=1S/C23H33N7O3.C18H25N7O/c1-21(2,3)15-8-7-9-16(27-15)26-14-12-17(29-30-18(14)19(24)31)25-13-23(10-11-23)28-20(32)33-22(4,5)6;1-17(2,3)12-5-4-6-13(23-12)22-11-9-14(21-10-18(20)7-8-18)24-25-15(11)16(19)26/h7-9,12H,10-11,13H2,1-6H3,(H2,24,31)(H,28,32)(H2,25,26,27,29);4-6,9H,7-8,10,20H2,1-3H3,(H2,19,26)(H2,21,22,23,24). The molecule has 18 heteroatoms. The topological polar surface area (TPSA) is 276 Å². The Hall–Kier alpha value is -6.17. The minimum Gasteiger partial charge on any atom is -0.444 e. The van der Waals surface area contributed by atoms with E-state index < -0.39 is 29.0 Å². The average molecular weight is 811 g/mol. The third-order valence-electron chi connectivity index (χ3n) is 9.36. The number of nitrogens with one attached hydrogen (secondary N) is 5. The summed E-state index contributed by atoms with van der Waals surface area (Å²) in [6, 6.07) is 14.7. The summed E-state index contributed by atoms with van der Waals surface area (Å²) in [5, 5.41) is 31.6. The van der Waals surface area contributed by atoms with E-state index in [2.05, 4.69) is 98.5 Å². The molecule has 59 heavy (non-hydrogen) atoms. The normalized spacial score (nSPS) is 15.1. The van der Waals surface area contributed by atoms with Gasteiger partial charge in [-0.25, -0.2) is 14.8 Å². The van der Waals surface area contributed by atoms with Gasteiger partial charge in [0.15, 0.2) is 23.0 Å². The van der Waals surface area contributed by atoms with Gasteiger partial charge in [-0.1, -0.05) is 53.7 Å². The Kier molecular flexibility index (Phi) is 12.6. The number of rotatable bonds is 13. The first-order valence-corrected chi connectivity index (χ1v) is 19.5. The molecule has 4 aromatic rings. The zero-order valence-corrected chi connectivity index (χ0v) is 35.4. The zero-order chi connectivity index (χ0) is 43.4. The first-order chi connectivity index (χ1) is 27.4. The van der Waals surface area contributed by atoms with Crippen LogP contribution in [0.3, 0.4) is 0 Å². The van der Waals surface area contributed by atoms with Gasteiger partial charge in [0.05, 0.1) is 16.9 Å². The summed E-state index contributed by atoms with van der Waals surface area (Å²) in [7, 11) is 0. The van der Waals surface area contributed by atoms with Gasteiger partial charge in [-0.2, -0.15) is 0 Å². The molecule has 4 heterocycles. The summed E-state index contributed by atoms with van der Waals surface area (Å²) in [4.78, 5) is 45.0. The van der Waals surface area contributed by atoms with Gasteiger partial charge in [-0.05, 0) is 70.7 Å². The van der Waals surface area contributed by atoms with Crippen molar-refractivity contribution in [1.29, 1.82) is 0 Å². The molecular weight excluding hydrogens is 753 g/mol. The van der Waals surface area contributed by atoms with E-state index in [1.807, 2.05) is 51.1 Å². The van der Waals surface area contributed by atoms with Crippen LogP contribution in [0.15, 0.2) is 48.5 Å². The minimum absolute atomic E-state index is 0.0107. The average Bonchev–Trinajstić information content (AvgIpc) is 4.07. The number of anilines is 6. The molecule has 2 saturated carbocycles. The maximum absolute atomic E-state index is 12.1. The highest BCUT2D eigenvalue weighted by atomic mass is 16.6. The van der Waals surface area contributed by atoms with Crippen molar-refractivity contribution < 1.29 is 19.1 Å². The number of amides is 3. The van der Waals surface area contributed by atoms with Crippen LogP contribution in [0.4, 0.5) is 39.4 Å².